The summed E-state index contributed by atoms with van der Waals surface area (Å²) in [7, 11) is -2.40. The van der Waals surface area contributed by atoms with Gasteiger partial charge in [0.2, 0.25) is 10.0 Å². The van der Waals surface area contributed by atoms with Crippen molar-refractivity contribution in [2.75, 3.05) is 20.2 Å². The summed E-state index contributed by atoms with van der Waals surface area (Å²) in [5.41, 5.74) is 0.952. The predicted molar refractivity (Wildman–Crippen MR) is 82.5 cm³/mol. The fourth-order valence-corrected chi connectivity index (χ4v) is 4.32. The van der Waals surface area contributed by atoms with Gasteiger partial charge in [-0.1, -0.05) is 17.7 Å². The van der Waals surface area contributed by atoms with Gasteiger partial charge in [0.1, 0.15) is 18.3 Å². The highest BCUT2D eigenvalue weighted by Crippen LogP contribution is 2.30. The molecule has 2 heterocycles. The van der Waals surface area contributed by atoms with Crippen LogP contribution in [0.2, 0.25) is 0 Å². The third-order valence-corrected chi connectivity index (χ3v) is 6.12. The quantitative estimate of drug-likeness (QED) is 0.745. The van der Waals surface area contributed by atoms with Gasteiger partial charge in [-0.15, -0.1) is 0 Å². The molecular weight excluding hydrogens is 338 g/mol. The molecule has 0 aliphatic carbocycles. The Balaban J connectivity index is 1.90. The molecule has 3 rings (SSSR count). The first-order chi connectivity index (χ1) is 11.3. The van der Waals surface area contributed by atoms with E-state index in [1.807, 2.05) is 6.92 Å². The second-order valence-corrected chi connectivity index (χ2v) is 7.89. The molecule has 1 aromatic rings. The van der Waals surface area contributed by atoms with Crippen molar-refractivity contribution in [3.63, 3.8) is 0 Å². The third-order valence-electron chi connectivity index (χ3n) is 4.28. The van der Waals surface area contributed by atoms with Crippen LogP contribution in [0.5, 0.6) is 0 Å². The van der Waals surface area contributed by atoms with Crippen LogP contribution in [-0.2, 0) is 24.2 Å². The lowest BCUT2D eigenvalue weighted by Gasteiger charge is -2.24. The first-order valence-corrected chi connectivity index (χ1v) is 9.03. The van der Waals surface area contributed by atoms with Crippen LogP contribution in [0.1, 0.15) is 5.56 Å². The Morgan fingerprint density at radius 3 is 2.46 bits per heavy atom. The summed E-state index contributed by atoms with van der Waals surface area (Å²) in [6.07, 6.45) is -5.18. The van der Waals surface area contributed by atoms with E-state index in [4.69, 9.17) is 14.2 Å². The number of aliphatic hydroxyl groups excluding tert-OH is 2. The summed E-state index contributed by atoms with van der Waals surface area (Å²) < 4.78 is 43.0. The van der Waals surface area contributed by atoms with Gasteiger partial charge < -0.3 is 24.4 Å². The number of fused-ring (bicyclic) bond motifs is 1. The van der Waals surface area contributed by atoms with Gasteiger partial charge in [-0.3, -0.25) is 0 Å². The Labute approximate surface area is 140 Å². The Hall–Kier alpha value is -1.07. The Morgan fingerprint density at radius 2 is 1.83 bits per heavy atom. The van der Waals surface area contributed by atoms with Crippen molar-refractivity contribution in [2.24, 2.45) is 0 Å². The van der Waals surface area contributed by atoms with E-state index in [2.05, 4.69) is 0 Å². The lowest BCUT2D eigenvalue weighted by molar-refractivity contribution is -0.174. The average molecular weight is 359 g/mol. The fourth-order valence-electron chi connectivity index (χ4n) is 2.88. The van der Waals surface area contributed by atoms with Crippen LogP contribution >= 0.6 is 0 Å². The average Bonchev–Trinajstić information content (AvgIpc) is 2.73. The molecule has 1 aromatic carbocycles. The number of benzene rings is 1. The summed E-state index contributed by atoms with van der Waals surface area (Å²) in [4.78, 5) is 0.153. The van der Waals surface area contributed by atoms with Gasteiger partial charge >= 0.3 is 0 Å². The number of sulfonamides is 1. The lowest BCUT2D eigenvalue weighted by Crippen LogP contribution is -2.40. The number of hydrogen-bond donors (Lipinski definition) is 2. The Bertz CT molecular complexity index is 678. The van der Waals surface area contributed by atoms with Crippen molar-refractivity contribution in [2.45, 2.75) is 42.7 Å². The number of aryl methyl sites for hydroxylation is 1. The van der Waals surface area contributed by atoms with Crippen LogP contribution in [0.3, 0.4) is 0 Å². The van der Waals surface area contributed by atoms with Gasteiger partial charge in [0, 0.05) is 13.7 Å². The van der Waals surface area contributed by atoms with Gasteiger partial charge in [0.25, 0.3) is 0 Å². The van der Waals surface area contributed by atoms with Crippen molar-refractivity contribution < 1.29 is 32.8 Å². The number of aliphatic hydroxyl groups is 2. The van der Waals surface area contributed by atoms with E-state index in [9.17, 15) is 18.6 Å². The minimum Gasteiger partial charge on any atom is -0.385 e. The molecule has 2 aliphatic rings. The fraction of sp³-hybridized carbons (Fsp3) is 0.600. The molecule has 2 saturated heterocycles. The zero-order chi connectivity index (χ0) is 17.5. The van der Waals surface area contributed by atoms with E-state index in [0.717, 1.165) is 5.56 Å². The summed E-state index contributed by atoms with van der Waals surface area (Å²) in [5.74, 6) is 0. The molecule has 24 heavy (non-hydrogen) atoms. The zero-order valence-corrected chi connectivity index (χ0v) is 14.2. The second kappa shape index (κ2) is 6.68. The molecule has 134 valence electrons. The van der Waals surface area contributed by atoms with Crippen LogP contribution in [0.25, 0.3) is 0 Å². The maximum atomic E-state index is 12.9. The zero-order valence-electron chi connectivity index (χ0n) is 13.4. The number of hydrogen-bond acceptors (Lipinski definition) is 7. The Morgan fingerprint density at radius 1 is 1.17 bits per heavy atom. The van der Waals surface area contributed by atoms with E-state index in [0.29, 0.717) is 0 Å². The summed E-state index contributed by atoms with van der Waals surface area (Å²) in [6.45, 7) is 1.79. The van der Waals surface area contributed by atoms with Crippen LogP contribution in [-0.4, -0.2) is 74.0 Å². The molecule has 0 amide bonds. The monoisotopic (exact) mass is 359 g/mol. The third kappa shape index (κ3) is 3.21. The van der Waals surface area contributed by atoms with Crippen molar-refractivity contribution in [3.05, 3.63) is 29.8 Å². The first-order valence-electron chi connectivity index (χ1n) is 7.59. The van der Waals surface area contributed by atoms with Gasteiger partial charge in [-0.25, -0.2) is 8.42 Å². The van der Waals surface area contributed by atoms with E-state index in [1.54, 1.807) is 12.1 Å². The minimum absolute atomic E-state index is 0.0358. The van der Waals surface area contributed by atoms with Crippen molar-refractivity contribution >= 4 is 10.0 Å². The van der Waals surface area contributed by atoms with E-state index < -0.39 is 40.9 Å². The topological polar surface area (TPSA) is 106 Å². The number of rotatable bonds is 3. The molecule has 8 nitrogen and oxygen atoms in total. The molecule has 0 radical (unpaired) electrons. The van der Waals surface area contributed by atoms with Gasteiger partial charge in [0.05, 0.1) is 11.4 Å². The molecule has 9 heteroatoms. The molecule has 0 aromatic heterocycles. The SMILES string of the molecule is COC1CN(S(=O)(=O)c2ccc(C)cc2)C[C@H]2O[C@H](O)[C@@H](O)[C@H]2O1. The highest BCUT2D eigenvalue weighted by atomic mass is 32.2. The summed E-state index contributed by atoms with van der Waals surface area (Å²) in [6, 6.07) is 6.51. The van der Waals surface area contributed by atoms with Crippen LogP contribution in [0.4, 0.5) is 0 Å². The van der Waals surface area contributed by atoms with E-state index in [1.165, 1.54) is 23.5 Å². The van der Waals surface area contributed by atoms with E-state index in [-0.39, 0.29) is 18.0 Å². The Kier molecular flexibility index (Phi) is 4.94. The number of methoxy groups -OCH3 is 1. The standard InChI is InChI=1S/C15H21NO7S/c1-9-3-5-10(6-4-9)24(19,20)16-7-11-14(13(17)15(18)22-11)23-12(8-16)21-2/h3-6,11-15,17-18H,7-8H2,1-2H3/t11-,12?,13+,14+,15+/m1/s1. The van der Waals surface area contributed by atoms with Crippen molar-refractivity contribution in [1.82, 2.24) is 4.31 Å². The lowest BCUT2D eigenvalue weighted by atomic mass is 10.1. The number of nitrogens with zero attached hydrogens (tertiary/aromatic N) is 1. The molecule has 2 aliphatic heterocycles. The molecule has 1 unspecified atom stereocenters. The molecule has 2 fully saturated rings. The smallest absolute Gasteiger partial charge is 0.243 e. The molecular formula is C15H21NO7S. The molecule has 0 saturated carbocycles. The molecule has 2 N–H and O–H groups in total. The normalized spacial score (nSPS) is 34.8. The second-order valence-electron chi connectivity index (χ2n) is 5.96. The number of ether oxygens (including phenoxy) is 3. The minimum atomic E-state index is -3.79. The van der Waals surface area contributed by atoms with Gasteiger partial charge in [0.15, 0.2) is 12.6 Å². The van der Waals surface area contributed by atoms with Gasteiger partial charge in [-0.2, -0.15) is 4.31 Å². The van der Waals surface area contributed by atoms with Crippen molar-refractivity contribution in [1.29, 1.82) is 0 Å². The van der Waals surface area contributed by atoms with Crippen molar-refractivity contribution in [3.8, 4) is 0 Å². The van der Waals surface area contributed by atoms with Crippen LogP contribution in [0, 0.1) is 6.92 Å². The molecule has 0 bridgehead atoms. The maximum Gasteiger partial charge on any atom is 0.243 e. The highest BCUT2D eigenvalue weighted by Gasteiger charge is 2.49. The summed E-state index contributed by atoms with van der Waals surface area (Å²) >= 11 is 0. The van der Waals surface area contributed by atoms with E-state index >= 15 is 0 Å². The maximum absolute atomic E-state index is 12.9. The van der Waals surface area contributed by atoms with Crippen LogP contribution in [0.15, 0.2) is 29.2 Å². The summed E-state index contributed by atoms with van der Waals surface area (Å²) in [5, 5.41) is 19.6. The molecule has 0 spiro atoms. The molecule has 5 atom stereocenters. The largest absolute Gasteiger partial charge is 0.385 e. The van der Waals surface area contributed by atoms with Gasteiger partial charge in [-0.05, 0) is 19.1 Å². The van der Waals surface area contributed by atoms with Crippen LogP contribution < -0.4 is 0 Å². The predicted octanol–water partition coefficient (Wildman–Crippen LogP) is -0.565. The first kappa shape index (κ1) is 17.7. The highest BCUT2D eigenvalue weighted by molar-refractivity contribution is 7.89.